The third kappa shape index (κ3) is 2.40. The molecule has 1 aromatic rings. The average Bonchev–Trinajstić information content (AvgIpc) is 2.32. The largest absolute Gasteiger partial charge is 0.355 e. The van der Waals surface area contributed by atoms with Gasteiger partial charge in [0.25, 0.3) is 0 Å². The molecule has 0 radical (unpaired) electrons. The normalized spacial score (nSPS) is 19.6. The Morgan fingerprint density at radius 1 is 1.22 bits per heavy atom. The van der Waals surface area contributed by atoms with E-state index in [0.717, 1.165) is 0 Å². The lowest BCUT2D eigenvalue weighted by atomic mass is 9.89. The molecule has 1 aliphatic rings. The van der Waals surface area contributed by atoms with Gasteiger partial charge in [0.2, 0.25) is 5.91 Å². The van der Waals surface area contributed by atoms with Gasteiger partial charge < -0.3 is 5.32 Å². The van der Waals surface area contributed by atoms with Crippen LogP contribution in [0.1, 0.15) is 16.8 Å². The first kappa shape index (κ1) is 13.1. The molecule has 1 heterocycles. The highest BCUT2D eigenvalue weighted by molar-refractivity contribution is 6.42. The smallest absolute Gasteiger partial charge is 0.238 e. The predicted octanol–water partition coefficient (Wildman–Crippen LogP) is 1.88. The summed E-state index contributed by atoms with van der Waals surface area (Å²) in [4.78, 5) is 35.3. The number of carbonyl (C=O) groups excluding carboxylic acids is 3. The highest BCUT2D eigenvalue weighted by atomic mass is 35.5. The first-order valence-electron chi connectivity index (χ1n) is 5.30. The highest BCUT2D eigenvalue weighted by Crippen LogP contribution is 2.24. The van der Waals surface area contributed by atoms with Gasteiger partial charge in [0.15, 0.2) is 17.5 Å². The van der Waals surface area contributed by atoms with Crippen molar-refractivity contribution in [3.05, 3.63) is 33.8 Å². The number of nitrogens with one attached hydrogen (secondary N) is 1. The molecular formula is C12H9Cl2NO3. The Bertz CT molecular complexity index is 526. The van der Waals surface area contributed by atoms with Crippen LogP contribution in [-0.4, -0.2) is 24.0 Å². The fourth-order valence-corrected chi connectivity index (χ4v) is 2.08. The first-order chi connectivity index (χ1) is 8.50. The van der Waals surface area contributed by atoms with E-state index in [-0.39, 0.29) is 29.3 Å². The predicted molar refractivity (Wildman–Crippen MR) is 66.9 cm³/mol. The van der Waals surface area contributed by atoms with Crippen LogP contribution < -0.4 is 5.32 Å². The molecule has 18 heavy (non-hydrogen) atoms. The molecule has 1 N–H and O–H groups in total. The van der Waals surface area contributed by atoms with Gasteiger partial charge in [-0.2, -0.15) is 0 Å². The molecule has 4 nitrogen and oxygen atoms in total. The van der Waals surface area contributed by atoms with E-state index in [0.29, 0.717) is 5.02 Å². The van der Waals surface area contributed by atoms with Crippen molar-refractivity contribution >= 4 is 40.7 Å². The Morgan fingerprint density at radius 3 is 2.56 bits per heavy atom. The number of rotatable bonds is 2. The summed E-state index contributed by atoms with van der Waals surface area (Å²) in [5, 5.41) is 3.03. The molecular weight excluding hydrogens is 277 g/mol. The Kier molecular flexibility index (Phi) is 3.68. The second-order valence-electron chi connectivity index (χ2n) is 3.93. The van der Waals surface area contributed by atoms with E-state index in [1.807, 2.05) is 0 Å². The Hall–Kier alpha value is -1.39. The van der Waals surface area contributed by atoms with E-state index in [9.17, 15) is 14.4 Å². The van der Waals surface area contributed by atoms with Crippen molar-refractivity contribution in [2.75, 3.05) is 6.54 Å². The fourth-order valence-electron chi connectivity index (χ4n) is 1.78. The van der Waals surface area contributed by atoms with Gasteiger partial charge in [0.05, 0.1) is 10.0 Å². The number of amides is 1. The van der Waals surface area contributed by atoms with Gasteiger partial charge >= 0.3 is 0 Å². The van der Waals surface area contributed by atoms with E-state index in [1.165, 1.54) is 18.2 Å². The third-order valence-corrected chi connectivity index (χ3v) is 3.46. The monoisotopic (exact) mass is 285 g/mol. The molecule has 6 heteroatoms. The number of hydrogen-bond acceptors (Lipinski definition) is 3. The van der Waals surface area contributed by atoms with Crippen molar-refractivity contribution in [2.24, 2.45) is 5.92 Å². The zero-order valence-electron chi connectivity index (χ0n) is 9.20. The van der Waals surface area contributed by atoms with Gasteiger partial charge in [0.1, 0.15) is 0 Å². The van der Waals surface area contributed by atoms with Gasteiger partial charge in [0, 0.05) is 18.5 Å². The van der Waals surface area contributed by atoms with Gasteiger partial charge in [-0.15, -0.1) is 0 Å². The van der Waals surface area contributed by atoms with E-state index in [4.69, 9.17) is 23.2 Å². The summed E-state index contributed by atoms with van der Waals surface area (Å²) in [5.41, 5.74) is 0.208. The first-order valence-corrected chi connectivity index (χ1v) is 6.06. The molecule has 0 spiro atoms. The van der Waals surface area contributed by atoms with Gasteiger partial charge in [-0.05, 0) is 18.2 Å². The van der Waals surface area contributed by atoms with Crippen LogP contribution >= 0.6 is 23.2 Å². The van der Waals surface area contributed by atoms with E-state index in [2.05, 4.69) is 5.32 Å². The number of ketones is 2. The lowest BCUT2D eigenvalue weighted by Gasteiger charge is -2.19. The van der Waals surface area contributed by atoms with E-state index >= 15 is 0 Å². The summed E-state index contributed by atoms with van der Waals surface area (Å²) in [7, 11) is 0. The molecule has 1 atom stereocenters. The summed E-state index contributed by atoms with van der Waals surface area (Å²) in [6.07, 6.45) is 0.170. The molecule has 1 aliphatic heterocycles. The van der Waals surface area contributed by atoms with E-state index < -0.39 is 17.6 Å². The number of Topliss-reactive ketones (excluding diaryl/α,β-unsaturated/α-hetero) is 2. The maximum atomic E-state index is 12.1. The van der Waals surface area contributed by atoms with Crippen molar-refractivity contribution in [2.45, 2.75) is 6.42 Å². The van der Waals surface area contributed by atoms with Crippen LogP contribution in [0.3, 0.4) is 0 Å². The van der Waals surface area contributed by atoms with Crippen LogP contribution in [0.25, 0.3) is 0 Å². The fraction of sp³-hybridized carbons (Fsp3) is 0.250. The minimum Gasteiger partial charge on any atom is -0.355 e. The lowest BCUT2D eigenvalue weighted by molar-refractivity contribution is -0.134. The number of halogens is 2. The van der Waals surface area contributed by atoms with Crippen molar-refractivity contribution < 1.29 is 14.4 Å². The van der Waals surface area contributed by atoms with Crippen LogP contribution in [0.4, 0.5) is 0 Å². The average molecular weight is 286 g/mol. The van der Waals surface area contributed by atoms with E-state index in [1.54, 1.807) is 0 Å². The molecule has 0 bridgehead atoms. The molecule has 0 aromatic heterocycles. The van der Waals surface area contributed by atoms with Crippen molar-refractivity contribution in [3.8, 4) is 0 Å². The van der Waals surface area contributed by atoms with Crippen LogP contribution in [0.5, 0.6) is 0 Å². The quantitative estimate of drug-likeness (QED) is 0.667. The Balaban J connectivity index is 2.32. The van der Waals surface area contributed by atoms with Crippen LogP contribution in [0.15, 0.2) is 18.2 Å². The number of carbonyl (C=O) groups is 3. The Labute approximate surface area is 113 Å². The number of benzene rings is 1. The lowest BCUT2D eigenvalue weighted by Crippen LogP contribution is -2.46. The minimum atomic E-state index is -1.27. The van der Waals surface area contributed by atoms with Crippen LogP contribution in [0, 0.1) is 5.92 Å². The molecule has 1 unspecified atom stereocenters. The molecule has 0 aliphatic carbocycles. The molecule has 1 fully saturated rings. The number of piperidine rings is 1. The zero-order valence-corrected chi connectivity index (χ0v) is 10.7. The summed E-state index contributed by atoms with van der Waals surface area (Å²) < 4.78 is 0. The number of hydrogen-bond donors (Lipinski definition) is 1. The molecule has 1 saturated heterocycles. The second kappa shape index (κ2) is 5.08. The SMILES string of the molecule is O=C1CCNC(=O)C1C(=O)c1ccc(Cl)c(Cl)c1. The summed E-state index contributed by atoms with van der Waals surface area (Å²) in [6.45, 7) is 0.281. The van der Waals surface area contributed by atoms with Crippen molar-refractivity contribution in [1.82, 2.24) is 5.32 Å². The maximum Gasteiger partial charge on any atom is 0.238 e. The van der Waals surface area contributed by atoms with Crippen LogP contribution in [0.2, 0.25) is 10.0 Å². The topological polar surface area (TPSA) is 63.2 Å². The van der Waals surface area contributed by atoms with Gasteiger partial charge in [-0.25, -0.2) is 0 Å². The summed E-state index contributed by atoms with van der Waals surface area (Å²) in [6, 6.07) is 4.27. The molecule has 2 rings (SSSR count). The second-order valence-corrected chi connectivity index (χ2v) is 4.75. The molecule has 1 aromatic carbocycles. The Morgan fingerprint density at radius 2 is 1.94 bits per heavy atom. The van der Waals surface area contributed by atoms with Gasteiger partial charge in [-0.1, -0.05) is 23.2 Å². The minimum absolute atomic E-state index is 0.170. The summed E-state index contributed by atoms with van der Waals surface area (Å²) in [5.74, 6) is -2.73. The summed E-state index contributed by atoms with van der Waals surface area (Å²) >= 11 is 11.5. The van der Waals surface area contributed by atoms with Crippen molar-refractivity contribution in [1.29, 1.82) is 0 Å². The standard InChI is InChI=1S/C12H9Cl2NO3/c13-7-2-1-6(5-8(7)14)11(17)10-9(16)3-4-15-12(10)18/h1-2,5,10H,3-4H2,(H,15,18). The van der Waals surface area contributed by atoms with Gasteiger partial charge in [-0.3, -0.25) is 14.4 Å². The zero-order chi connectivity index (χ0) is 13.3. The van der Waals surface area contributed by atoms with Crippen molar-refractivity contribution in [3.63, 3.8) is 0 Å². The van der Waals surface area contributed by atoms with Crippen LogP contribution in [-0.2, 0) is 9.59 Å². The third-order valence-electron chi connectivity index (χ3n) is 2.72. The molecule has 94 valence electrons. The maximum absolute atomic E-state index is 12.1. The highest BCUT2D eigenvalue weighted by Gasteiger charge is 2.36. The molecule has 1 amide bonds. The molecule has 0 saturated carbocycles.